The predicted octanol–water partition coefficient (Wildman–Crippen LogP) is 3.02. The zero-order valence-corrected chi connectivity index (χ0v) is 12.4. The molecule has 3 rings (SSSR count). The number of carbonyl (C=O) groups is 3. The van der Waals surface area contributed by atoms with Crippen LogP contribution in [0.5, 0.6) is 0 Å². The normalized spacial score (nSPS) is 19.0. The maximum atomic E-state index is 12.4. The molecular weight excluding hydrogens is 290 g/mol. The van der Waals surface area contributed by atoms with Gasteiger partial charge in [0.25, 0.3) is 11.7 Å². The van der Waals surface area contributed by atoms with Crippen LogP contribution in [0.4, 0.5) is 5.69 Å². The van der Waals surface area contributed by atoms with E-state index in [1.165, 1.54) is 11.3 Å². The van der Waals surface area contributed by atoms with Crippen LogP contribution in [0, 0.1) is 5.92 Å². The first kappa shape index (κ1) is 14.3. The maximum Gasteiger partial charge on any atom is 0.299 e. The molecule has 1 saturated carbocycles. The first-order chi connectivity index (χ1) is 10.1. The van der Waals surface area contributed by atoms with Crippen LogP contribution in [0.2, 0.25) is 5.02 Å². The molecule has 1 aliphatic carbocycles. The van der Waals surface area contributed by atoms with E-state index in [1.807, 2.05) is 0 Å². The van der Waals surface area contributed by atoms with Gasteiger partial charge >= 0.3 is 0 Å². The van der Waals surface area contributed by atoms with Gasteiger partial charge in [0.2, 0.25) is 0 Å². The lowest BCUT2D eigenvalue weighted by Crippen LogP contribution is -2.37. The van der Waals surface area contributed by atoms with Crippen molar-refractivity contribution in [1.29, 1.82) is 0 Å². The molecule has 21 heavy (non-hydrogen) atoms. The van der Waals surface area contributed by atoms with E-state index in [-0.39, 0.29) is 18.2 Å². The molecular formula is C16H16ClNO3. The van der Waals surface area contributed by atoms with Crippen LogP contribution in [0.15, 0.2) is 18.2 Å². The van der Waals surface area contributed by atoms with Gasteiger partial charge in [-0.05, 0) is 31.0 Å². The zero-order chi connectivity index (χ0) is 15.0. The van der Waals surface area contributed by atoms with E-state index in [4.69, 9.17) is 11.6 Å². The number of amides is 1. The summed E-state index contributed by atoms with van der Waals surface area (Å²) in [5.41, 5.74) is 0.794. The van der Waals surface area contributed by atoms with Gasteiger partial charge < -0.3 is 0 Å². The smallest absolute Gasteiger partial charge is 0.297 e. The highest BCUT2D eigenvalue weighted by molar-refractivity contribution is 6.53. The molecule has 1 aromatic rings. The van der Waals surface area contributed by atoms with Crippen LogP contribution in [-0.2, 0) is 9.59 Å². The number of hydrogen-bond donors (Lipinski definition) is 0. The van der Waals surface area contributed by atoms with E-state index in [2.05, 4.69) is 0 Å². The van der Waals surface area contributed by atoms with Crippen molar-refractivity contribution in [2.24, 2.45) is 5.92 Å². The molecule has 1 aromatic carbocycles. The van der Waals surface area contributed by atoms with Crippen LogP contribution >= 0.6 is 11.6 Å². The van der Waals surface area contributed by atoms with Crippen molar-refractivity contribution in [2.75, 3.05) is 11.4 Å². The summed E-state index contributed by atoms with van der Waals surface area (Å²) in [6, 6.07) is 4.70. The van der Waals surface area contributed by atoms with Gasteiger partial charge in [-0.15, -0.1) is 0 Å². The maximum absolute atomic E-state index is 12.4. The molecule has 0 spiro atoms. The predicted molar refractivity (Wildman–Crippen MR) is 79.7 cm³/mol. The number of halogens is 1. The summed E-state index contributed by atoms with van der Waals surface area (Å²) in [7, 11) is 0. The van der Waals surface area contributed by atoms with Crippen LogP contribution < -0.4 is 4.90 Å². The Balaban J connectivity index is 1.82. The van der Waals surface area contributed by atoms with Gasteiger partial charge in [-0.2, -0.15) is 0 Å². The summed E-state index contributed by atoms with van der Waals surface area (Å²) in [5, 5.41) is 0.450. The fourth-order valence-corrected chi connectivity index (χ4v) is 3.30. The summed E-state index contributed by atoms with van der Waals surface area (Å²) < 4.78 is 0. The van der Waals surface area contributed by atoms with E-state index in [1.54, 1.807) is 18.2 Å². The first-order valence-corrected chi connectivity index (χ1v) is 7.64. The Bertz CT molecular complexity index is 620. The molecule has 0 bridgehead atoms. The molecule has 0 N–H and O–H groups in total. The Morgan fingerprint density at radius 1 is 1.19 bits per heavy atom. The molecule has 1 fully saturated rings. The molecule has 0 unspecified atom stereocenters. The lowest BCUT2D eigenvalue weighted by Gasteiger charge is -2.23. The second kappa shape index (κ2) is 5.60. The molecule has 1 amide bonds. The summed E-state index contributed by atoms with van der Waals surface area (Å²) in [5.74, 6) is -1.12. The number of anilines is 1. The summed E-state index contributed by atoms with van der Waals surface area (Å²) in [4.78, 5) is 37.6. The molecule has 1 aliphatic heterocycles. The Morgan fingerprint density at radius 3 is 2.62 bits per heavy atom. The average Bonchev–Trinajstić information content (AvgIpc) is 2.73. The lowest BCUT2D eigenvalue weighted by molar-refractivity contribution is -0.124. The lowest BCUT2D eigenvalue weighted by atomic mass is 9.86. The summed E-state index contributed by atoms with van der Waals surface area (Å²) in [6.45, 7) is -0.0252. The molecule has 110 valence electrons. The van der Waals surface area contributed by atoms with Gasteiger partial charge in [0.15, 0.2) is 5.78 Å². The Morgan fingerprint density at radius 2 is 1.90 bits per heavy atom. The van der Waals surface area contributed by atoms with Crippen molar-refractivity contribution in [3.63, 3.8) is 0 Å². The monoisotopic (exact) mass is 305 g/mol. The first-order valence-electron chi connectivity index (χ1n) is 7.26. The van der Waals surface area contributed by atoms with Crippen molar-refractivity contribution in [3.05, 3.63) is 28.8 Å². The standard InChI is InChI=1S/C16H16ClNO3/c17-11-6-7-12-13(8-11)18(16(21)15(12)20)9-14(19)10-4-2-1-3-5-10/h6-8,10H,1-5,9H2. The summed E-state index contributed by atoms with van der Waals surface area (Å²) >= 11 is 5.94. The number of carbonyl (C=O) groups excluding carboxylic acids is 3. The van der Waals surface area contributed by atoms with Crippen LogP contribution in [0.3, 0.4) is 0 Å². The Hall–Kier alpha value is -1.68. The molecule has 0 atom stereocenters. The quantitative estimate of drug-likeness (QED) is 0.807. The van der Waals surface area contributed by atoms with Crippen molar-refractivity contribution in [1.82, 2.24) is 0 Å². The van der Waals surface area contributed by atoms with E-state index in [9.17, 15) is 14.4 Å². The van der Waals surface area contributed by atoms with E-state index < -0.39 is 11.7 Å². The Kier molecular flexibility index (Phi) is 3.81. The SMILES string of the molecule is O=C1C(=O)N(CC(=O)C2CCCCC2)c2cc(Cl)ccc21. The number of ketones is 2. The number of Topliss-reactive ketones (excluding diaryl/α,β-unsaturated/α-hetero) is 2. The second-order valence-corrected chi connectivity index (χ2v) is 6.12. The van der Waals surface area contributed by atoms with E-state index >= 15 is 0 Å². The van der Waals surface area contributed by atoms with Crippen molar-refractivity contribution >= 4 is 34.8 Å². The minimum atomic E-state index is -0.628. The third-order valence-electron chi connectivity index (χ3n) is 4.31. The number of benzene rings is 1. The van der Waals surface area contributed by atoms with Crippen molar-refractivity contribution < 1.29 is 14.4 Å². The van der Waals surface area contributed by atoms with E-state index in [0.29, 0.717) is 16.3 Å². The minimum absolute atomic E-state index is 0.0184. The zero-order valence-electron chi connectivity index (χ0n) is 11.6. The fourth-order valence-electron chi connectivity index (χ4n) is 3.13. The van der Waals surface area contributed by atoms with Gasteiger partial charge in [0, 0.05) is 10.9 Å². The van der Waals surface area contributed by atoms with Crippen LogP contribution in [0.25, 0.3) is 0 Å². The molecule has 0 radical (unpaired) electrons. The highest BCUT2D eigenvalue weighted by Gasteiger charge is 2.37. The number of nitrogens with zero attached hydrogens (tertiary/aromatic N) is 1. The molecule has 0 aromatic heterocycles. The molecule has 5 heteroatoms. The highest BCUT2D eigenvalue weighted by Crippen LogP contribution is 2.32. The van der Waals surface area contributed by atoms with Crippen LogP contribution in [0.1, 0.15) is 42.5 Å². The minimum Gasteiger partial charge on any atom is -0.297 e. The van der Waals surface area contributed by atoms with Crippen molar-refractivity contribution in [3.8, 4) is 0 Å². The number of rotatable bonds is 3. The van der Waals surface area contributed by atoms with Crippen molar-refractivity contribution in [2.45, 2.75) is 32.1 Å². The molecule has 4 nitrogen and oxygen atoms in total. The molecule has 0 saturated heterocycles. The number of hydrogen-bond acceptors (Lipinski definition) is 3. The molecule has 1 heterocycles. The third kappa shape index (κ3) is 2.60. The van der Waals surface area contributed by atoms with Gasteiger partial charge in [-0.1, -0.05) is 30.9 Å². The largest absolute Gasteiger partial charge is 0.299 e. The molecule has 2 aliphatic rings. The number of fused-ring (bicyclic) bond motifs is 1. The van der Waals surface area contributed by atoms with Gasteiger partial charge in [0.05, 0.1) is 17.8 Å². The van der Waals surface area contributed by atoms with Crippen LogP contribution in [-0.4, -0.2) is 24.0 Å². The Labute approximate surface area is 128 Å². The highest BCUT2D eigenvalue weighted by atomic mass is 35.5. The topological polar surface area (TPSA) is 54.5 Å². The van der Waals surface area contributed by atoms with Gasteiger partial charge in [0.1, 0.15) is 0 Å². The fraction of sp³-hybridized carbons (Fsp3) is 0.438. The van der Waals surface area contributed by atoms with Gasteiger partial charge in [-0.3, -0.25) is 19.3 Å². The van der Waals surface area contributed by atoms with Gasteiger partial charge in [-0.25, -0.2) is 0 Å². The third-order valence-corrected chi connectivity index (χ3v) is 4.54. The van der Waals surface area contributed by atoms with E-state index in [0.717, 1.165) is 25.7 Å². The summed E-state index contributed by atoms with van der Waals surface area (Å²) in [6.07, 6.45) is 5.06. The second-order valence-electron chi connectivity index (χ2n) is 5.68. The average molecular weight is 306 g/mol.